The van der Waals surface area contributed by atoms with Gasteiger partial charge >= 0.3 is 12.2 Å². The van der Waals surface area contributed by atoms with Crippen molar-refractivity contribution in [2.24, 2.45) is 0 Å². The van der Waals surface area contributed by atoms with E-state index in [1.54, 1.807) is 35.6 Å². The number of rotatable bonds is 5. The highest BCUT2D eigenvalue weighted by molar-refractivity contribution is 5.95. The van der Waals surface area contributed by atoms with Crippen molar-refractivity contribution in [3.05, 3.63) is 36.4 Å². The van der Waals surface area contributed by atoms with Gasteiger partial charge in [0, 0.05) is 0 Å². The summed E-state index contributed by atoms with van der Waals surface area (Å²) in [7, 11) is 1.54. The van der Waals surface area contributed by atoms with Gasteiger partial charge in [-0.2, -0.15) is 13.2 Å². The van der Waals surface area contributed by atoms with Gasteiger partial charge in [-0.05, 0) is 35.0 Å². The monoisotopic (exact) mass is 356 g/mol. The summed E-state index contributed by atoms with van der Waals surface area (Å²) in [4.78, 5) is 22.7. The van der Waals surface area contributed by atoms with E-state index in [-0.39, 0.29) is 0 Å². The van der Waals surface area contributed by atoms with Crippen molar-refractivity contribution in [2.75, 3.05) is 20.3 Å². The predicted molar refractivity (Wildman–Crippen MR) is 83.6 cm³/mol. The Morgan fingerprint density at radius 1 is 1.04 bits per heavy atom. The Morgan fingerprint density at radius 3 is 2.32 bits per heavy atom. The molecule has 0 atom stereocenters. The number of carbonyl (C=O) groups excluding carboxylic acids is 2. The molecule has 2 N–H and O–H groups in total. The maximum absolute atomic E-state index is 11.9. The van der Waals surface area contributed by atoms with Crippen LogP contribution >= 0.6 is 0 Å². The van der Waals surface area contributed by atoms with E-state index in [0.29, 0.717) is 11.5 Å². The molecular formula is C16H15F3N2O4. The Morgan fingerprint density at radius 2 is 1.68 bits per heavy atom. The smallest absolute Gasteiger partial charge is 0.405 e. The maximum atomic E-state index is 11.9. The Hall–Kier alpha value is -2.97. The fourth-order valence-corrected chi connectivity index (χ4v) is 1.96. The molecule has 0 bridgehead atoms. The summed E-state index contributed by atoms with van der Waals surface area (Å²) in [6, 6.07) is 9.28. The molecule has 134 valence electrons. The number of hydrogen-bond donors (Lipinski definition) is 2. The maximum Gasteiger partial charge on any atom is 0.405 e. The molecule has 0 saturated carbocycles. The SMILES string of the molecule is COc1ccc2ccc(OCC(=O)NC(=O)NCC(F)(F)F)cc2c1. The van der Waals surface area contributed by atoms with Crippen molar-refractivity contribution < 1.29 is 32.2 Å². The van der Waals surface area contributed by atoms with Gasteiger partial charge in [-0.1, -0.05) is 12.1 Å². The van der Waals surface area contributed by atoms with E-state index < -0.39 is 31.3 Å². The molecule has 2 aromatic rings. The topological polar surface area (TPSA) is 76.7 Å². The second kappa shape index (κ2) is 7.73. The highest BCUT2D eigenvalue weighted by atomic mass is 19.4. The first-order chi connectivity index (χ1) is 11.8. The van der Waals surface area contributed by atoms with Crippen LogP contribution in [0.5, 0.6) is 11.5 Å². The minimum Gasteiger partial charge on any atom is -0.497 e. The molecule has 0 radical (unpaired) electrons. The van der Waals surface area contributed by atoms with Crippen LogP contribution in [0.2, 0.25) is 0 Å². The third-order valence-corrected chi connectivity index (χ3v) is 3.09. The molecule has 0 fully saturated rings. The molecule has 6 nitrogen and oxygen atoms in total. The first-order valence-electron chi connectivity index (χ1n) is 7.12. The van der Waals surface area contributed by atoms with E-state index in [0.717, 1.165) is 10.8 Å². The Balaban J connectivity index is 1.89. The number of methoxy groups -OCH3 is 1. The molecule has 0 spiro atoms. The van der Waals surface area contributed by atoms with Crippen LogP contribution < -0.4 is 20.1 Å². The summed E-state index contributed by atoms with van der Waals surface area (Å²) in [5, 5.41) is 5.02. The van der Waals surface area contributed by atoms with E-state index in [1.165, 1.54) is 12.4 Å². The Bertz CT molecular complexity index is 778. The van der Waals surface area contributed by atoms with Crippen LogP contribution in [0.3, 0.4) is 0 Å². The number of benzene rings is 2. The van der Waals surface area contributed by atoms with Gasteiger partial charge in [0.25, 0.3) is 5.91 Å². The number of imide groups is 1. The number of hydrogen-bond acceptors (Lipinski definition) is 4. The van der Waals surface area contributed by atoms with Crippen molar-refractivity contribution in [1.82, 2.24) is 10.6 Å². The van der Waals surface area contributed by atoms with Gasteiger partial charge in [-0.15, -0.1) is 0 Å². The number of ether oxygens (including phenoxy) is 2. The van der Waals surface area contributed by atoms with Crippen LogP contribution in [0, 0.1) is 0 Å². The van der Waals surface area contributed by atoms with Gasteiger partial charge in [-0.3, -0.25) is 10.1 Å². The highest BCUT2D eigenvalue weighted by Gasteiger charge is 2.27. The molecule has 0 aliphatic heterocycles. The zero-order chi connectivity index (χ0) is 18.4. The molecule has 0 aliphatic carbocycles. The molecule has 0 aliphatic rings. The third kappa shape index (κ3) is 5.87. The zero-order valence-electron chi connectivity index (χ0n) is 13.1. The van der Waals surface area contributed by atoms with Crippen LogP contribution in [-0.2, 0) is 4.79 Å². The van der Waals surface area contributed by atoms with Crippen molar-refractivity contribution in [3.63, 3.8) is 0 Å². The van der Waals surface area contributed by atoms with Gasteiger partial charge < -0.3 is 14.8 Å². The molecule has 0 aromatic heterocycles. The number of halogens is 3. The highest BCUT2D eigenvalue weighted by Crippen LogP contribution is 2.24. The van der Waals surface area contributed by atoms with Crippen molar-refractivity contribution in [2.45, 2.75) is 6.18 Å². The van der Waals surface area contributed by atoms with Crippen molar-refractivity contribution in [3.8, 4) is 11.5 Å². The molecule has 3 amide bonds. The normalized spacial score (nSPS) is 11.0. The fourth-order valence-electron chi connectivity index (χ4n) is 1.96. The zero-order valence-corrected chi connectivity index (χ0v) is 13.1. The van der Waals surface area contributed by atoms with Crippen LogP contribution in [-0.4, -0.2) is 38.4 Å². The molecule has 2 aromatic carbocycles. The number of urea groups is 1. The minimum atomic E-state index is -4.55. The van der Waals surface area contributed by atoms with Gasteiger partial charge in [0.1, 0.15) is 18.0 Å². The Labute approximate surface area is 140 Å². The van der Waals surface area contributed by atoms with E-state index in [9.17, 15) is 22.8 Å². The van der Waals surface area contributed by atoms with Crippen LogP contribution in [0.15, 0.2) is 36.4 Å². The Kier molecular flexibility index (Phi) is 5.68. The largest absolute Gasteiger partial charge is 0.497 e. The minimum absolute atomic E-state index is 0.367. The van der Waals surface area contributed by atoms with Crippen molar-refractivity contribution >= 4 is 22.7 Å². The lowest BCUT2D eigenvalue weighted by Gasteiger charge is -2.10. The number of fused-ring (bicyclic) bond motifs is 1. The van der Waals surface area contributed by atoms with Gasteiger partial charge in [-0.25, -0.2) is 4.79 Å². The van der Waals surface area contributed by atoms with Gasteiger partial charge in [0.15, 0.2) is 6.61 Å². The molecular weight excluding hydrogens is 341 g/mol. The lowest BCUT2D eigenvalue weighted by Crippen LogP contribution is -2.44. The fraction of sp³-hybridized carbons (Fsp3) is 0.250. The lowest BCUT2D eigenvalue weighted by atomic mass is 10.1. The van der Waals surface area contributed by atoms with Gasteiger partial charge in [0.2, 0.25) is 0 Å². The van der Waals surface area contributed by atoms with E-state index >= 15 is 0 Å². The first-order valence-corrected chi connectivity index (χ1v) is 7.12. The molecule has 0 unspecified atom stereocenters. The summed E-state index contributed by atoms with van der Waals surface area (Å²) < 4.78 is 46.2. The second-order valence-corrected chi connectivity index (χ2v) is 5.01. The van der Waals surface area contributed by atoms with E-state index in [4.69, 9.17) is 9.47 Å². The summed E-state index contributed by atoms with van der Waals surface area (Å²) in [6.07, 6.45) is -4.55. The van der Waals surface area contributed by atoms with Crippen LogP contribution in [0.25, 0.3) is 10.8 Å². The summed E-state index contributed by atoms with van der Waals surface area (Å²) in [5.41, 5.74) is 0. The quantitative estimate of drug-likeness (QED) is 0.863. The molecule has 9 heteroatoms. The number of alkyl halides is 3. The number of carbonyl (C=O) groups is 2. The molecule has 0 heterocycles. The van der Waals surface area contributed by atoms with E-state index in [2.05, 4.69) is 0 Å². The average molecular weight is 356 g/mol. The van der Waals surface area contributed by atoms with Gasteiger partial charge in [0.05, 0.1) is 7.11 Å². The van der Waals surface area contributed by atoms with E-state index in [1.807, 2.05) is 6.07 Å². The molecule has 25 heavy (non-hydrogen) atoms. The molecule has 0 saturated heterocycles. The predicted octanol–water partition coefficient (Wildman–Crippen LogP) is 2.62. The van der Waals surface area contributed by atoms with Crippen molar-refractivity contribution in [1.29, 1.82) is 0 Å². The second-order valence-electron chi connectivity index (χ2n) is 5.01. The summed E-state index contributed by atoms with van der Waals surface area (Å²) in [5.74, 6) is 0.153. The lowest BCUT2D eigenvalue weighted by molar-refractivity contribution is -0.125. The van der Waals surface area contributed by atoms with Crippen LogP contribution in [0.1, 0.15) is 0 Å². The first kappa shape index (κ1) is 18.4. The number of amides is 3. The third-order valence-electron chi connectivity index (χ3n) is 3.09. The summed E-state index contributed by atoms with van der Waals surface area (Å²) >= 11 is 0. The summed E-state index contributed by atoms with van der Waals surface area (Å²) in [6.45, 7) is -2.05. The standard InChI is InChI=1S/C16H15F3N2O4/c1-24-12-4-2-10-3-5-13(7-11(10)6-12)25-8-14(22)21-15(23)20-9-16(17,18)19/h2-7H,8-9H2,1H3,(H2,20,21,22,23). The average Bonchev–Trinajstić information content (AvgIpc) is 2.56. The number of nitrogens with one attached hydrogen (secondary N) is 2. The molecule has 2 rings (SSSR count). The van der Waals surface area contributed by atoms with Crippen LogP contribution in [0.4, 0.5) is 18.0 Å².